The summed E-state index contributed by atoms with van der Waals surface area (Å²) in [6.07, 6.45) is 2.33. The molecule has 0 aliphatic rings. The minimum atomic E-state index is -2.89. The third-order valence-corrected chi connectivity index (χ3v) is 2.75. The first-order valence-corrected chi connectivity index (χ1v) is 6.11. The summed E-state index contributed by atoms with van der Waals surface area (Å²) in [6.45, 7) is 0.979. The van der Waals surface area contributed by atoms with Gasteiger partial charge in [-0.15, -0.1) is 0 Å². The minimum Gasteiger partial charge on any atom is -0.435 e. The van der Waals surface area contributed by atoms with E-state index in [4.69, 9.17) is 0 Å². The van der Waals surface area contributed by atoms with Gasteiger partial charge in [-0.25, -0.2) is 0 Å². The largest absolute Gasteiger partial charge is 0.435 e. The number of aromatic nitrogens is 2. The highest BCUT2D eigenvalue weighted by Gasteiger charge is 2.13. The number of nitrogens with zero attached hydrogens (tertiary/aromatic N) is 2. The van der Waals surface area contributed by atoms with Gasteiger partial charge in [0.25, 0.3) is 0 Å². The standard InChI is InChI=1S/C14H14F2N2O2/c1-9(2)18-7-11(8-19)13(17-18)10-4-3-5-12(6-10)20-14(15)16/h3-9,14H,1-2H3. The second-order valence-electron chi connectivity index (χ2n) is 4.53. The molecule has 20 heavy (non-hydrogen) atoms. The number of benzene rings is 1. The summed E-state index contributed by atoms with van der Waals surface area (Å²) in [5.41, 5.74) is 1.42. The van der Waals surface area contributed by atoms with Gasteiger partial charge in [0, 0.05) is 17.8 Å². The van der Waals surface area contributed by atoms with Gasteiger partial charge in [-0.05, 0) is 26.0 Å². The molecule has 0 saturated heterocycles. The van der Waals surface area contributed by atoms with E-state index < -0.39 is 6.61 Å². The predicted octanol–water partition coefficient (Wildman–Crippen LogP) is 3.54. The van der Waals surface area contributed by atoms with Crippen molar-refractivity contribution in [1.82, 2.24) is 9.78 Å². The van der Waals surface area contributed by atoms with Crippen molar-refractivity contribution < 1.29 is 18.3 Å². The van der Waals surface area contributed by atoms with Gasteiger partial charge >= 0.3 is 6.61 Å². The molecule has 0 spiro atoms. The van der Waals surface area contributed by atoms with E-state index in [0.717, 1.165) is 0 Å². The van der Waals surface area contributed by atoms with E-state index in [0.29, 0.717) is 23.1 Å². The Kier molecular flexibility index (Phi) is 4.12. The molecule has 0 aliphatic carbocycles. The third-order valence-electron chi connectivity index (χ3n) is 2.75. The number of ether oxygens (including phenoxy) is 1. The number of rotatable bonds is 5. The lowest BCUT2D eigenvalue weighted by Gasteiger charge is -2.06. The first-order chi connectivity index (χ1) is 9.51. The molecule has 0 fully saturated rings. The second kappa shape index (κ2) is 5.81. The lowest BCUT2D eigenvalue weighted by molar-refractivity contribution is -0.0498. The van der Waals surface area contributed by atoms with Gasteiger partial charge in [0.1, 0.15) is 11.4 Å². The molecule has 2 rings (SSSR count). The Morgan fingerprint density at radius 2 is 2.10 bits per heavy atom. The van der Waals surface area contributed by atoms with Crippen molar-refractivity contribution in [3.8, 4) is 17.0 Å². The van der Waals surface area contributed by atoms with Crippen LogP contribution in [0, 0.1) is 0 Å². The fourth-order valence-electron chi connectivity index (χ4n) is 1.80. The van der Waals surface area contributed by atoms with Crippen LogP contribution in [0.25, 0.3) is 11.3 Å². The van der Waals surface area contributed by atoms with Gasteiger partial charge in [-0.1, -0.05) is 12.1 Å². The van der Waals surface area contributed by atoms with Crippen molar-refractivity contribution in [2.24, 2.45) is 0 Å². The van der Waals surface area contributed by atoms with Crippen molar-refractivity contribution in [3.05, 3.63) is 36.0 Å². The van der Waals surface area contributed by atoms with Crippen molar-refractivity contribution in [2.45, 2.75) is 26.5 Å². The molecule has 0 aliphatic heterocycles. The van der Waals surface area contributed by atoms with E-state index in [-0.39, 0.29) is 11.8 Å². The normalized spacial score (nSPS) is 11.1. The molecule has 0 radical (unpaired) electrons. The van der Waals surface area contributed by atoms with Gasteiger partial charge in [-0.2, -0.15) is 13.9 Å². The molecule has 4 nitrogen and oxygen atoms in total. The van der Waals surface area contributed by atoms with E-state index in [9.17, 15) is 13.6 Å². The quantitative estimate of drug-likeness (QED) is 0.787. The minimum absolute atomic E-state index is 0.0356. The van der Waals surface area contributed by atoms with Gasteiger partial charge in [0.05, 0.1) is 5.56 Å². The molecule has 6 heteroatoms. The van der Waals surface area contributed by atoms with Crippen LogP contribution in [0.4, 0.5) is 8.78 Å². The van der Waals surface area contributed by atoms with Crippen LogP contribution < -0.4 is 4.74 Å². The Morgan fingerprint density at radius 3 is 2.70 bits per heavy atom. The maximum Gasteiger partial charge on any atom is 0.387 e. The molecule has 1 heterocycles. The van der Waals surface area contributed by atoms with Crippen molar-refractivity contribution in [2.75, 3.05) is 0 Å². The van der Waals surface area contributed by atoms with E-state index in [2.05, 4.69) is 9.84 Å². The zero-order valence-corrected chi connectivity index (χ0v) is 11.1. The lowest BCUT2D eigenvalue weighted by Crippen LogP contribution is -2.02. The number of carbonyl (C=O) groups is 1. The first kappa shape index (κ1) is 14.2. The van der Waals surface area contributed by atoms with Gasteiger partial charge in [0.2, 0.25) is 0 Å². The highest BCUT2D eigenvalue weighted by atomic mass is 19.3. The average molecular weight is 280 g/mol. The van der Waals surface area contributed by atoms with Crippen LogP contribution in [0.2, 0.25) is 0 Å². The fraction of sp³-hybridized carbons (Fsp3) is 0.286. The number of aldehydes is 1. The summed E-state index contributed by atoms with van der Waals surface area (Å²) in [7, 11) is 0. The summed E-state index contributed by atoms with van der Waals surface area (Å²) in [4.78, 5) is 11.1. The van der Waals surface area contributed by atoms with E-state index in [1.807, 2.05) is 13.8 Å². The smallest absolute Gasteiger partial charge is 0.387 e. The van der Waals surface area contributed by atoms with Crippen LogP contribution >= 0.6 is 0 Å². The molecule has 1 aromatic carbocycles. The molecule has 0 amide bonds. The van der Waals surface area contributed by atoms with E-state index >= 15 is 0 Å². The maximum absolute atomic E-state index is 12.2. The van der Waals surface area contributed by atoms with Gasteiger partial charge < -0.3 is 4.74 Å². The predicted molar refractivity (Wildman–Crippen MR) is 70.1 cm³/mol. The van der Waals surface area contributed by atoms with Crippen molar-refractivity contribution >= 4 is 6.29 Å². The Balaban J connectivity index is 2.42. The number of hydrogen-bond acceptors (Lipinski definition) is 3. The molecular formula is C14H14F2N2O2. The molecule has 106 valence electrons. The van der Waals surface area contributed by atoms with Crippen LogP contribution in [-0.2, 0) is 0 Å². The monoisotopic (exact) mass is 280 g/mol. The maximum atomic E-state index is 12.2. The summed E-state index contributed by atoms with van der Waals surface area (Å²) in [5.74, 6) is 0.0356. The topological polar surface area (TPSA) is 44.1 Å². The average Bonchev–Trinajstić information content (AvgIpc) is 2.82. The second-order valence-corrected chi connectivity index (χ2v) is 4.53. The highest BCUT2D eigenvalue weighted by Crippen LogP contribution is 2.26. The summed E-state index contributed by atoms with van der Waals surface area (Å²) in [5, 5.41) is 4.31. The van der Waals surface area contributed by atoms with E-state index in [1.54, 1.807) is 23.0 Å². The van der Waals surface area contributed by atoms with Crippen LogP contribution in [-0.4, -0.2) is 22.7 Å². The van der Waals surface area contributed by atoms with Crippen LogP contribution in [0.15, 0.2) is 30.5 Å². The number of alkyl halides is 2. The Bertz CT molecular complexity index is 609. The zero-order valence-electron chi connectivity index (χ0n) is 11.1. The van der Waals surface area contributed by atoms with Crippen LogP contribution in [0.3, 0.4) is 0 Å². The van der Waals surface area contributed by atoms with Crippen LogP contribution in [0.1, 0.15) is 30.2 Å². The number of carbonyl (C=O) groups excluding carboxylic acids is 1. The fourth-order valence-corrected chi connectivity index (χ4v) is 1.80. The molecule has 0 saturated carbocycles. The molecule has 2 aromatic rings. The highest BCUT2D eigenvalue weighted by molar-refractivity contribution is 5.85. The van der Waals surface area contributed by atoms with Crippen molar-refractivity contribution in [1.29, 1.82) is 0 Å². The van der Waals surface area contributed by atoms with Gasteiger partial charge in [0.15, 0.2) is 6.29 Å². The number of hydrogen-bond donors (Lipinski definition) is 0. The molecule has 0 atom stereocenters. The summed E-state index contributed by atoms with van der Waals surface area (Å²) < 4.78 is 30.4. The summed E-state index contributed by atoms with van der Waals surface area (Å²) in [6, 6.07) is 6.24. The third kappa shape index (κ3) is 3.01. The summed E-state index contributed by atoms with van der Waals surface area (Å²) >= 11 is 0. The Hall–Kier alpha value is -2.24. The van der Waals surface area contributed by atoms with Crippen molar-refractivity contribution in [3.63, 3.8) is 0 Å². The van der Waals surface area contributed by atoms with Gasteiger partial charge in [-0.3, -0.25) is 9.48 Å². The molecule has 0 unspecified atom stereocenters. The first-order valence-electron chi connectivity index (χ1n) is 6.11. The zero-order chi connectivity index (χ0) is 14.7. The Labute approximate surface area is 115 Å². The molecular weight excluding hydrogens is 266 g/mol. The molecule has 0 bridgehead atoms. The van der Waals surface area contributed by atoms with Crippen LogP contribution in [0.5, 0.6) is 5.75 Å². The molecule has 1 aromatic heterocycles. The number of halogens is 2. The lowest BCUT2D eigenvalue weighted by atomic mass is 10.1. The Morgan fingerprint density at radius 1 is 1.35 bits per heavy atom. The van der Waals surface area contributed by atoms with E-state index in [1.165, 1.54) is 12.1 Å². The SMILES string of the molecule is CC(C)n1cc(C=O)c(-c2cccc(OC(F)F)c2)n1. The molecule has 0 N–H and O–H groups in total.